The molecule has 3 saturated carbocycles. The van der Waals surface area contributed by atoms with Gasteiger partial charge in [0, 0.05) is 40.9 Å². The van der Waals surface area contributed by atoms with Gasteiger partial charge in [0.15, 0.2) is 0 Å². The van der Waals surface area contributed by atoms with Gasteiger partial charge in [-0.2, -0.15) is 0 Å². The van der Waals surface area contributed by atoms with E-state index in [1.807, 2.05) is 20.8 Å². The molecule has 8 rings (SSSR count). The zero-order valence-electron chi connectivity index (χ0n) is 22.5. The number of alkyl halides is 1. The minimum atomic E-state index is -1.14. The summed E-state index contributed by atoms with van der Waals surface area (Å²) >= 11 is 0. The number of hydrogen-bond donors (Lipinski definition) is 2. The molecule has 0 unspecified atom stereocenters. The SMILES string of the molecule is CC(C)(C)OC(=O)N1C[C@@H](F)[C@H](Nc2ccc([C@@H]3c4[nH]c5ccccc5c4CCN3C34CC(C3)C4)cc2)C1. The zero-order valence-corrected chi connectivity index (χ0v) is 22.5. The Hall–Kier alpha value is -3.06. The smallest absolute Gasteiger partial charge is 0.410 e. The van der Waals surface area contributed by atoms with Crippen LogP contribution in [0.5, 0.6) is 0 Å². The number of H-pyrrole nitrogens is 1. The molecule has 3 atom stereocenters. The van der Waals surface area contributed by atoms with Gasteiger partial charge < -0.3 is 19.9 Å². The van der Waals surface area contributed by atoms with Crippen molar-refractivity contribution >= 4 is 22.7 Å². The Kier molecular flexibility index (Phi) is 5.35. The molecule has 4 fully saturated rings. The van der Waals surface area contributed by atoms with Crippen LogP contribution < -0.4 is 5.32 Å². The van der Waals surface area contributed by atoms with E-state index in [2.05, 4.69) is 63.7 Å². The number of aromatic nitrogens is 1. The maximum Gasteiger partial charge on any atom is 0.410 e. The first-order chi connectivity index (χ1) is 18.2. The maximum atomic E-state index is 14.9. The predicted octanol–water partition coefficient (Wildman–Crippen LogP) is 6.04. The van der Waals surface area contributed by atoms with Crippen LogP contribution in [0.4, 0.5) is 14.9 Å². The molecule has 3 heterocycles. The molecule has 5 aliphatic rings. The average Bonchev–Trinajstić information content (AvgIpc) is 3.37. The molecule has 2 aliphatic heterocycles. The van der Waals surface area contributed by atoms with Crippen LogP contribution in [0.2, 0.25) is 0 Å². The fourth-order valence-electron chi connectivity index (χ4n) is 7.23. The van der Waals surface area contributed by atoms with Crippen molar-refractivity contribution in [2.75, 3.05) is 25.0 Å². The summed E-state index contributed by atoms with van der Waals surface area (Å²) in [5.41, 5.74) is 5.90. The van der Waals surface area contributed by atoms with Crippen LogP contribution in [0.1, 0.15) is 62.9 Å². The van der Waals surface area contributed by atoms with Gasteiger partial charge in [0.1, 0.15) is 11.8 Å². The van der Waals surface area contributed by atoms with Crippen molar-refractivity contribution in [3.8, 4) is 0 Å². The van der Waals surface area contributed by atoms with E-state index in [0.717, 1.165) is 24.6 Å². The number of benzene rings is 2. The minimum Gasteiger partial charge on any atom is -0.444 e. The van der Waals surface area contributed by atoms with Crippen molar-refractivity contribution < 1.29 is 13.9 Å². The third-order valence-electron chi connectivity index (χ3n) is 9.13. The quantitative estimate of drug-likeness (QED) is 0.444. The fourth-order valence-corrected chi connectivity index (χ4v) is 7.23. The lowest BCUT2D eigenvalue weighted by molar-refractivity contribution is -0.158. The van der Waals surface area contributed by atoms with E-state index in [1.54, 1.807) is 0 Å². The van der Waals surface area contributed by atoms with Crippen LogP contribution in [0.15, 0.2) is 48.5 Å². The lowest BCUT2D eigenvalue weighted by Crippen LogP contribution is -2.69. The molecule has 1 aromatic heterocycles. The normalized spacial score (nSPS) is 30.5. The highest BCUT2D eigenvalue weighted by molar-refractivity contribution is 5.85. The third kappa shape index (κ3) is 3.89. The van der Waals surface area contributed by atoms with Crippen LogP contribution in [-0.4, -0.2) is 63.9 Å². The number of hydrogen-bond acceptors (Lipinski definition) is 4. The number of fused-ring (bicyclic) bond motifs is 3. The monoisotopic (exact) mass is 516 g/mol. The highest BCUT2D eigenvalue weighted by atomic mass is 19.1. The Bertz CT molecular complexity index is 1360. The Balaban J connectivity index is 1.13. The summed E-state index contributed by atoms with van der Waals surface area (Å²) in [6.07, 6.45) is 3.45. The van der Waals surface area contributed by atoms with Gasteiger partial charge in [-0.1, -0.05) is 30.3 Å². The summed E-state index contributed by atoms with van der Waals surface area (Å²) in [4.78, 5) is 20.4. The van der Waals surface area contributed by atoms with Gasteiger partial charge in [0.05, 0.1) is 18.6 Å². The molecule has 3 aromatic rings. The van der Waals surface area contributed by atoms with Crippen LogP contribution in [-0.2, 0) is 11.2 Å². The summed E-state index contributed by atoms with van der Waals surface area (Å²) in [5.74, 6) is 0.923. The van der Waals surface area contributed by atoms with E-state index in [9.17, 15) is 9.18 Å². The Morgan fingerprint density at radius 1 is 1.08 bits per heavy atom. The van der Waals surface area contributed by atoms with Crippen molar-refractivity contribution in [2.45, 2.75) is 75.8 Å². The highest BCUT2D eigenvalue weighted by Gasteiger charge is 2.61. The van der Waals surface area contributed by atoms with E-state index in [-0.39, 0.29) is 19.1 Å². The molecular formula is C31H37FN4O2. The van der Waals surface area contributed by atoms with Gasteiger partial charge in [-0.25, -0.2) is 9.18 Å². The Morgan fingerprint density at radius 3 is 2.50 bits per heavy atom. The molecule has 2 bridgehead atoms. The van der Waals surface area contributed by atoms with Gasteiger partial charge in [0.25, 0.3) is 0 Å². The maximum absolute atomic E-state index is 14.9. The highest BCUT2D eigenvalue weighted by Crippen LogP contribution is 2.63. The van der Waals surface area contributed by atoms with Crippen LogP contribution in [0.25, 0.3) is 10.9 Å². The van der Waals surface area contributed by atoms with Crippen LogP contribution >= 0.6 is 0 Å². The Labute approximate surface area is 223 Å². The standard InChI is InChI=1S/C31H37FN4O2/c1-30(2,3)38-29(37)35-17-24(32)26(18-35)33-21-10-8-20(9-11-21)28-27-23(22-6-4-5-7-25(22)34-27)12-13-36(28)31-14-19(15-31)16-31/h4-11,19,24,26,28,33-34H,12-18H2,1-3H3/t19?,24-,26-,28-,31?/m1/s1. The molecule has 2 N–H and O–H groups in total. The van der Waals surface area contributed by atoms with Crippen molar-refractivity contribution in [1.29, 1.82) is 0 Å². The second-order valence-electron chi connectivity index (χ2n) is 12.9. The number of nitrogens with one attached hydrogen (secondary N) is 2. The topological polar surface area (TPSA) is 60.6 Å². The summed E-state index contributed by atoms with van der Waals surface area (Å²) in [5, 5.41) is 4.68. The van der Waals surface area contributed by atoms with E-state index >= 15 is 0 Å². The number of likely N-dealkylation sites (tertiary alicyclic amines) is 1. The molecule has 1 amide bonds. The molecule has 0 radical (unpaired) electrons. The number of aromatic amines is 1. The van der Waals surface area contributed by atoms with E-state index in [4.69, 9.17) is 4.74 Å². The second kappa shape index (κ2) is 8.47. The first kappa shape index (κ1) is 24.0. The number of amides is 1. The zero-order chi connectivity index (χ0) is 26.2. The van der Waals surface area contributed by atoms with Crippen molar-refractivity contribution in [3.05, 3.63) is 65.4 Å². The number of para-hydroxylation sites is 1. The number of rotatable bonds is 4. The van der Waals surface area contributed by atoms with E-state index in [0.29, 0.717) is 5.54 Å². The van der Waals surface area contributed by atoms with Crippen LogP contribution in [0, 0.1) is 5.92 Å². The van der Waals surface area contributed by atoms with Gasteiger partial charge in [-0.05, 0) is 81.7 Å². The predicted molar refractivity (Wildman–Crippen MR) is 147 cm³/mol. The molecule has 6 nitrogen and oxygen atoms in total. The number of ether oxygens (including phenoxy) is 1. The number of halogens is 1. The number of nitrogens with zero attached hydrogens (tertiary/aromatic N) is 2. The third-order valence-corrected chi connectivity index (χ3v) is 9.13. The number of carbonyl (C=O) groups is 1. The van der Waals surface area contributed by atoms with E-state index < -0.39 is 23.9 Å². The molecular weight excluding hydrogens is 479 g/mol. The lowest BCUT2D eigenvalue weighted by atomic mass is 9.48. The van der Waals surface area contributed by atoms with Crippen molar-refractivity contribution in [1.82, 2.24) is 14.8 Å². The van der Waals surface area contributed by atoms with Gasteiger partial charge in [0.2, 0.25) is 0 Å². The second-order valence-corrected chi connectivity index (χ2v) is 12.9. The van der Waals surface area contributed by atoms with E-state index in [1.165, 1.54) is 51.9 Å². The summed E-state index contributed by atoms with van der Waals surface area (Å²) < 4.78 is 20.3. The largest absolute Gasteiger partial charge is 0.444 e. The lowest BCUT2D eigenvalue weighted by Gasteiger charge is -2.68. The molecule has 38 heavy (non-hydrogen) atoms. The van der Waals surface area contributed by atoms with Gasteiger partial charge >= 0.3 is 6.09 Å². The number of anilines is 1. The first-order valence-corrected chi connectivity index (χ1v) is 14.0. The first-order valence-electron chi connectivity index (χ1n) is 14.0. The Morgan fingerprint density at radius 2 is 1.82 bits per heavy atom. The molecule has 3 aliphatic carbocycles. The van der Waals surface area contributed by atoms with Gasteiger partial charge in [-0.3, -0.25) is 4.90 Å². The van der Waals surface area contributed by atoms with Crippen molar-refractivity contribution in [2.24, 2.45) is 5.92 Å². The molecule has 7 heteroatoms. The summed E-state index contributed by atoms with van der Waals surface area (Å²) in [6, 6.07) is 16.9. The van der Waals surface area contributed by atoms with Crippen molar-refractivity contribution in [3.63, 3.8) is 0 Å². The van der Waals surface area contributed by atoms with Crippen LogP contribution in [0.3, 0.4) is 0 Å². The average molecular weight is 517 g/mol. The minimum absolute atomic E-state index is 0.0495. The molecule has 0 spiro atoms. The summed E-state index contributed by atoms with van der Waals surface area (Å²) in [6.45, 7) is 6.89. The molecule has 200 valence electrons. The molecule has 2 aromatic carbocycles. The fraction of sp³-hybridized carbons (Fsp3) is 0.516. The summed E-state index contributed by atoms with van der Waals surface area (Å²) in [7, 11) is 0. The molecule has 1 saturated heterocycles. The van der Waals surface area contributed by atoms with Gasteiger partial charge in [-0.15, -0.1) is 0 Å². The number of carbonyl (C=O) groups excluding carboxylic acids is 1.